The summed E-state index contributed by atoms with van der Waals surface area (Å²) in [6.07, 6.45) is 0. The van der Waals surface area contributed by atoms with Crippen molar-refractivity contribution in [3.8, 4) is 0 Å². The van der Waals surface area contributed by atoms with Crippen molar-refractivity contribution < 1.29 is 4.79 Å². The van der Waals surface area contributed by atoms with Gasteiger partial charge in [-0.15, -0.1) is 0 Å². The van der Waals surface area contributed by atoms with E-state index in [0.717, 1.165) is 10.9 Å². The van der Waals surface area contributed by atoms with Crippen LogP contribution in [0.4, 0.5) is 0 Å². The number of aryl methyl sites for hydroxylation is 1. The van der Waals surface area contributed by atoms with Gasteiger partial charge in [0.15, 0.2) is 0 Å². The van der Waals surface area contributed by atoms with Gasteiger partial charge in [-0.25, -0.2) is 0 Å². The van der Waals surface area contributed by atoms with Crippen LogP contribution in [0.25, 0.3) is 10.8 Å². The fourth-order valence-corrected chi connectivity index (χ4v) is 2.63. The molecule has 0 atom stereocenters. The van der Waals surface area contributed by atoms with Crippen molar-refractivity contribution in [1.29, 1.82) is 0 Å². The maximum Gasteiger partial charge on any atom is 0.270 e. The van der Waals surface area contributed by atoms with Crippen molar-refractivity contribution in [1.82, 2.24) is 9.47 Å². The zero-order valence-corrected chi connectivity index (χ0v) is 13.1. The molecule has 0 unspecified atom stereocenters. The summed E-state index contributed by atoms with van der Waals surface area (Å²) in [6.45, 7) is 9.51. The Kier molecular flexibility index (Phi) is 4.46. The molecule has 2 aromatic rings. The second-order valence-electron chi connectivity index (χ2n) is 5.15. The molecule has 0 fully saturated rings. The molecule has 4 nitrogen and oxygen atoms in total. The summed E-state index contributed by atoms with van der Waals surface area (Å²) in [4.78, 5) is 27.0. The Morgan fingerprint density at radius 3 is 2.38 bits per heavy atom. The van der Waals surface area contributed by atoms with E-state index in [0.29, 0.717) is 30.7 Å². The summed E-state index contributed by atoms with van der Waals surface area (Å²) in [5.41, 5.74) is 1.43. The van der Waals surface area contributed by atoms with E-state index in [1.165, 1.54) is 0 Å². The topological polar surface area (TPSA) is 42.3 Å². The quantitative estimate of drug-likeness (QED) is 0.867. The Morgan fingerprint density at radius 2 is 1.81 bits per heavy atom. The highest BCUT2D eigenvalue weighted by Crippen LogP contribution is 2.15. The number of benzene rings is 1. The van der Waals surface area contributed by atoms with Gasteiger partial charge >= 0.3 is 0 Å². The minimum Gasteiger partial charge on any atom is -0.338 e. The molecule has 0 spiro atoms. The first-order valence-corrected chi connectivity index (χ1v) is 7.46. The minimum atomic E-state index is -0.0887. The molecule has 112 valence electrons. The number of aromatic nitrogens is 1. The molecule has 0 aliphatic rings. The molecule has 0 aliphatic carbocycles. The normalized spacial score (nSPS) is 10.9. The minimum absolute atomic E-state index is 0.0820. The van der Waals surface area contributed by atoms with Crippen molar-refractivity contribution in [2.75, 3.05) is 13.1 Å². The number of fused-ring (bicyclic) bond motifs is 1. The Balaban J connectivity index is 2.72. The molecule has 4 heteroatoms. The molecule has 1 amide bonds. The number of hydrogen-bond acceptors (Lipinski definition) is 2. The first-order valence-electron chi connectivity index (χ1n) is 7.46. The highest BCUT2D eigenvalue weighted by Gasteiger charge is 2.18. The Hall–Kier alpha value is -2.10. The van der Waals surface area contributed by atoms with Crippen LogP contribution < -0.4 is 5.56 Å². The number of pyridine rings is 1. The molecule has 1 heterocycles. The SMILES string of the molecule is CCN(CC)C(=O)c1cc2ccc(C)cc2c(=O)n1CC. The monoisotopic (exact) mass is 286 g/mol. The van der Waals surface area contributed by atoms with Crippen molar-refractivity contribution in [2.24, 2.45) is 0 Å². The van der Waals surface area contributed by atoms with Crippen molar-refractivity contribution in [2.45, 2.75) is 34.2 Å². The first-order chi connectivity index (χ1) is 10.0. The largest absolute Gasteiger partial charge is 0.338 e. The predicted octanol–water partition coefficient (Wildman–Crippen LogP) is 2.81. The predicted molar refractivity (Wildman–Crippen MR) is 85.9 cm³/mol. The molecule has 1 aromatic heterocycles. The summed E-state index contributed by atoms with van der Waals surface area (Å²) in [7, 11) is 0. The average molecular weight is 286 g/mol. The molecule has 0 N–H and O–H groups in total. The van der Waals surface area contributed by atoms with Gasteiger partial charge in [-0.2, -0.15) is 0 Å². The summed E-state index contributed by atoms with van der Waals surface area (Å²) < 4.78 is 1.57. The number of amides is 1. The molecule has 0 bridgehead atoms. The molecule has 0 saturated carbocycles. The van der Waals surface area contributed by atoms with Crippen LogP contribution in [0.5, 0.6) is 0 Å². The van der Waals surface area contributed by atoms with Crippen LogP contribution in [-0.4, -0.2) is 28.5 Å². The van der Waals surface area contributed by atoms with Gasteiger partial charge in [-0.3, -0.25) is 9.59 Å². The molecular formula is C17H22N2O2. The number of nitrogens with zero attached hydrogens (tertiary/aromatic N) is 2. The number of rotatable bonds is 4. The maximum absolute atomic E-state index is 12.6. The Bertz CT molecular complexity index is 727. The lowest BCUT2D eigenvalue weighted by atomic mass is 10.1. The highest BCUT2D eigenvalue weighted by molar-refractivity contribution is 5.96. The lowest BCUT2D eigenvalue weighted by Gasteiger charge is -2.21. The molecule has 0 saturated heterocycles. The lowest BCUT2D eigenvalue weighted by Crippen LogP contribution is -2.35. The third kappa shape index (κ3) is 2.71. The molecular weight excluding hydrogens is 264 g/mol. The fraction of sp³-hybridized carbons (Fsp3) is 0.412. The zero-order chi connectivity index (χ0) is 15.6. The van der Waals surface area contributed by atoms with E-state index in [4.69, 9.17) is 0 Å². The third-order valence-corrected chi connectivity index (χ3v) is 3.85. The molecule has 1 aromatic carbocycles. The van der Waals surface area contributed by atoms with Gasteiger partial charge in [-0.1, -0.05) is 17.7 Å². The Labute approximate surface area is 125 Å². The van der Waals surface area contributed by atoms with E-state index in [1.807, 2.05) is 52.0 Å². The van der Waals surface area contributed by atoms with E-state index < -0.39 is 0 Å². The van der Waals surface area contributed by atoms with Gasteiger partial charge < -0.3 is 9.47 Å². The lowest BCUT2D eigenvalue weighted by molar-refractivity contribution is 0.0761. The van der Waals surface area contributed by atoms with Gasteiger partial charge in [-0.05, 0) is 45.2 Å². The third-order valence-electron chi connectivity index (χ3n) is 3.85. The van der Waals surface area contributed by atoms with Gasteiger partial charge in [0, 0.05) is 25.0 Å². The molecule has 21 heavy (non-hydrogen) atoms. The molecule has 0 aliphatic heterocycles. The van der Waals surface area contributed by atoms with Gasteiger partial charge in [0.05, 0.1) is 0 Å². The molecule has 0 radical (unpaired) electrons. The standard InChI is InChI=1S/C17H22N2O2/c1-5-18(6-2)17(21)15-11-13-9-8-12(4)10-14(13)16(20)19(15)7-3/h8-11H,5-7H2,1-4H3. The average Bonchev–Trinajstić information content (AvgIpc) is 2.48. The summed E-state index contributed by atoms with van der Waals surface area (Å²) in [5, 5.41) is 1.50. The van der Waals surface area contributed by atoms with Crippen molar-refractivity contribution in [3.63, 3.8) is 0 Å². The second-order valence-corrected chi connectivity index (χ2v) is 5.15. The summed E-state index contributed by atoms with van der Waals surface area (Å²) in [5.74, 6) is -0.0820. The van der Waals surface area contributed by atoms with Crippen molar-refractivity contribution >= 4 is 16.7 Å². The highest BCUT2D eigenvalue weighted by atomic mass is 16.2. The van der Waals surface area contributed by atoms with Gasteiger partial charge in [0.25, 0.3) is 11.5 Å². The van der Waals surface area contributed by atoms with E-state index in [-0.39, 0.29) is 11.5 Å². The van der Waals surface area contributed by atoms with E-state index in [1.54, 1.807) is 9.47 Å². The van der Waals surface area contributed by atoms with Crippen LogP contribution in [0.1, 0.15) is 36.8 Å². The number of carbonyl (C=O) groups excluding carboxylic acids is 1. The van der Waals surface area contributed by atoms with Gasteiger partial charge in [0.1, 0.15) is 5.69 Å². The fourth-order valence-electron chi connectivity index (χ4n) is 2.63. The second kappa shape index (κ2) is 6.12. The smallest absolute Gasteiger partial charge is 0.270 e. The number of hydrogen-bond donors (Lipinski definition) is 0. The molecule has 2 rings (SSSR count). The van der Waals surface area contributed by atoms with Crippen molar-refractivity contribution in [3.05, 3.63) is 45.9 Å². The van der Waals surface area contributed by atoms with Crippen LogP contribution in [-0.2, 0) is 6.54 Å². The first kappa shape index (κ1) is 15.3. The Morgan fingerprint density at radius 1 is 1.14 bits per heavy atom. The summed E-state index contributed by atoms with van der Waals surface area (Å²) in [6, 6.07) is 7.59. The zero-order valence-electron chi connectivity index (χ0n) is 13.1. The van der Waals surface area contributed by atoms with Crippen LogP contribution in [0.3, 0.4) is 0 Å². The van der Waals surface area contributed by atoms with E-state index in [9.17, 15) is 9.59 Å². The van der Waals surface area contributed by atoms with Crippen LogP contribution >= 0.6 is 0 Å². The van der Waals surface area contributed by atoms with E-state index >= 15 is 0 Å². The number of carbonyl (C=O) groups is 1. The summed E-state index contributed by atoms with van der Waals surface area (Å²) >= 11 is 0. The van der Waals surface area contributed by atoms with Crippen LogP contribution in [0, 0.1) is 6.92 Å². The van der Waals surface area contributed by atoms with Crippen LogP contribution in [0.15, 0.2) is 29.1 Å². The van der Waals surface area contributed by atoms with E-state index in [2.05, 4.69) is 0 Å². The van der Waals surface area contributed by atoms with Gasteiger partial charge in [0.2, 0.25) is 0 Å². The van der Waals surface area contributed by atoms with Crippen LogP contribution in [0.2, 0.25) is 0 Å². The maximum atomic E-state index is 12.6.